The van der Waals surface area contributed by atoms with Crippen LogP contribution in [-0.2, 0) is 15.6 Å². The van der Waals surface area contributed by atoms with Gasteiger partial charge in [-0.05, 0) is 23.6 Å². The van der Waals surface area contributed by atoms with E-state index in [1.54, 1.807) is 6.07 Å². The molecule has 0 aliphatic heterocycles. The van der Waals surface area contributed by atoms with E-state index in [-0.39, 0.29) is 23.1 Å². The molecule has 2 rings (SSSR count). The van der Waals surface area contributed by atoms with Gasteiger partial charge in [-0.25, -0.2) is 0 Å². The summed E-state index contributed by atoms with van der Waals surface area (Å²) in [6.07, 6.45) is 0.114. The molecule has 1 amide bonds. The Labute approximate surface area is 138 Å². The second-order valence-electron chi connectivity index (χ2n) is 4.13. The van der Waals surface area contributed by atoms with Gasteiger partial charge in [0, 0.05) is 17.2 Å². The highest BCUT2D eigenvalue weighted by Crippen LogP contribution is 2.32. The van der Waals surface area contributed by atoms with Gasteiger partial charge in [0.2, 0.25) is 5.91 Å². The van der Waals surface area contributed by atoms with E-state index in [0.717, 1.165) is 4.21 Å². The number of hydrogen-bond acceptors (Lipinski definition) is 4. The van der Waals surface area contributed by atoms with Crippen LogP contribution in [0.3, 0.4) is 0 Å². The van der Waals surface area contributed by atoms with Gasteiger partial charge in [-0.2, -0.15) is 0 Å². The van der Waals surface area contributed by atoms with Crippen LogP contribution in [0.15, 0.2) is 33.9 Å². The molecule has 0 spiro atoms. The Hall–Kier alpha value is -1.08. The molecular weight excluding hydrogens is 351 g/mol. The van der Waals surface area contributed by atoms with Gasteiger partial charge in [0.1, 0.15) is 0 Å². The molecule has 0 saturated heterocycles. The van der Waals surface area contributed by atoms with Crippen molar-refractivity contribution in [2.75, 3.05) is 16.8 Å². The molecule has 0 fully saturated rings. The van der Waals surface area contributed by atoms with E-state index in [9.17, 15) is 9.00 Å². The Kier molecular flexibility index (Phi) is 5.64. The molecule has 1 atom stereocenters. The van der Waals surface area contributed by atoms with Crippen LogP contribution in [0.5, 0.6) is 0 Å². The van der Waals surface area contributed by atoms with Crippen molar-refractivity contribution in [3.05, 3.63) is 39.7 Å². The van der Waals surface area contributed by atoms with Gasteiger partial charge < -0.3 is 11.1 Å². The van der Waals surface area contributed by atoms with Crippen LogP contribution in [0.25, 0.3) is 0 Å². The normalized spacial score (nSPS) is 12.1. The molecule has 112 valence electrons. The van der Waals surface area contributed by atoms with E-state index in [4.69, 9.17) is 28.9 Å². The summed E-state index contributed by atoms with van der Waals surface area (Å²) < 4.78 is 12.7. The summed E-state index contributed by atoms with van der Waals surface area (Å²) in [7, 11) is -1.17. The second-order valence-corrected chi connectivity index (χ2v) is 7.72. The molecular formula is C13H12Cl2N2O2S2. The van der Waals surface area contributed by atoms with Crippen LogP contribution in [0.4, 0.5) is 11.4 Å². The number of anilines is 2. The topological polar surface area (TPSA) is 72.2 Å². The first-order valence-corrected chi connectivity index (χ1v) is 8.89. The van der Waals surface area contributed by atoms with Crippen LogP contribution in [0, 0.1) is 0 Å². The largest absolute Gasteiger partial charge is 0.397 e. The molecule has 0 aliphatic rings. The van der Waals surface area contributed by atoms with E-state index < -0.39 is 10.8 Å². The van der Waals surface area contributed by atoms with Crippen LogP contribution >= 0.6 is 34.5 Å². The summed E-state index contributed by atoms with van der Waals surface area (Å²) in [6, 6.07) is 6.62. The standard InChI is InChI=1S/C13H12Cl2N2O2S2/c14-8-6-9(15)13(10(16)7-8)17-11(18)3-5-21(19)12-2-1-4-20-12/h1-2,4,6-7H,3,5,16H2,(H,17,18). The van der Waals surface area contributed by atoms with Crippen molar-refractivity contribution < 1.29 is 9.00 Å². The SMILES string of the molecule is Nc1cc(Cl)cc(Cl)c1NC(=O)CCS(=O)c1cccs1. The number of nitrogens with two attached hydrogens (primary N) is 1. The first-order valence-electron chi connectivity index (χ1n) is 5.93. The summed E-state index contributed by atoms with van der Waals surface area (Å²) in [5.41, 5.74) is 6.38. The predicted molar refractivity (Wildman–Crippen MR) is 89.7 cm³/mol. The molecule has 1 unspecified atom stereocenters. The quantitative estimate of drug-likeness (QED) is 0.795. The fourth-order valence-corrected chi connectivity index (χ4v) is 4.26. The second kappa shape index (κ2) is 7.26. The highest BCUT2D eigenvalue weighted by atomic mass is 35.5. The Morgan fingerprint density at radius 1 is 1.38 bits per heavy atom. The third kappa shape index (κ3) is 4.44. The van der Waals surface area contributed by atoms with Crippen LogP contribution < -0.4 is 11.1 Å². The summed E-state index contributed by atoms with van der Waals surface area (Å²) >= 11 is 13.2. The van der Waals surface area contributed by atoms with E-state index in [0.29, 0.717) is 16.4 Å². The maximum Gasteiger partial charge on any atom is 0.225 e. The molecule has 3 N–H and O–H groups in total. The van der Waals surface area contributed by atoms with Gasteiger partial charge in [-0.1, -0.05) is 29.3 Å². The summed E-state index contributed by atoms with van der Waals surface area (Å²) in [6.45, 7) is 0. The lowest BCUT2D eigenvalue weighted by Crippen LogP contribution is -2.16. The summed E-state index contributed by atoms with van der Waals surface area (Å²) in [5.74, 6) is -0.0480. The van der Waals surface area contributed by atoms with E-state index >= 15 is 0 Å². The lowest BCUT2D eigenvalue weighted by Gasteiger charge is -2.10. The first kappa shape index (κ1) is 16.3. The molecule has 1 heterocycles. The Bertz CT molecular complexity index is 652. The van der Waals surface area contributed by atoms with Gasteiger partial charge in [0.15, 0.2) is 0 Å². The Morgan fingerprint density at radius 3 is 2.76 bits per heavy atom. The van der Waals surface area contributed by atoms with Gasteiger partial charge >= 0.3 is 0 Å². The van der Waals surface area contributed by atoms with Crippen LogP contribution in [0.1, 0.15) is 6.42 Å². The third-order valence-corrected chi connectivity index (χ3v) is 5.77. The average Bonchev–Trinajstić information content (AvgIpc) is 2.94. The molecule has 0 saturated carbocycles. The number of nitrogen functional groups attached to an aromatic ring is 1. The number of nitrogens with one attached hydrogen (secondary N) is 1. The number of amides is 1. The maximum atomic E-state index is 11.9. The zero-order valence-electron chi connectivity index (χ0n) is 10.8. The summed E-state index contributed by atoms with van der Waals surface area (Å²) in [4.78, 5) is 11.9. The minimum absolute atomic E-state index is 0.114. The minimum Gasteiger partial charge on any atom is -0.397 e. The number of benzene rings is 1. The van der Waals surface area contributed by atoms with Gasteiger partial charge in [0.05, 0.1) is 31.4 Å². The molecule has 0 radical (unpaired) electrons. The van der Waals surface area contributed by atoms with E-state index in [1.165, 1.54) is 23.5 Å². The third-order valence-electron chi connectivity index (χ3n) is 2.58. The fraction of sp³-hybridized carbons (Fsp3) is 0.154. The molecule has 0 bridgehead atoms. The smallest absolute Gasteiger partial charge is 0.225 e. The number of thiophene rings is 1. The first-order chi connectivity index (χ1) is 9.97. The highest BCUT2D eigenvalue weighted by molar-refractivity contribution is 7.87. The van der Waals surface area contributed by atoms with Crippen molar-refractivity contribution in [2.24, 2.45) is 0 Å². The average molecular weight is 363 g/mol. The van der Waals surface area contributed by atoms with Crippen molar-refractivity contribution in [1.29, 1.82) is 0 Å². The van der Waals surface area contributed by atoms with Gasteiger partial charge in [0.25, 0.3) is 0 Å². The van der Waals surface area contributed by atoms with Gasteiger partial charge in [-0.15, -0.1) is 11.3 Å². The van der Waals surface area contributed by atoms with Crippen molar-refractivity contribution >= 4 is 62.6 Å². The van der Waals surface area contributed by atoms with Gasteiger partial charge in [-0.3, -0.25) is 9.00 Å². The minimum atomic E-state index is -1.17. The molecule has 4 nitrogen and oxygen atoms in total. The van der Waals surface area contributed by atoms with Crippen molar-refractivity contribution in [1.82, 2.24) is 0 Å². The number of carbonyl (C=O) groups excluding carboxylic acids is 1. The van der Waals surface area contributed by atoms with Crippen LogP contribution in [0.2, 0.25) is 10.0 Å². The monoisotopic (exact) mass is 362 g/mol. The molecule has 21 heavy (non-hydrogen) atoms. The fourth-order valence-electron chi connectivity index (χ4n) is 1.61. The molecule has 1 aromatic carbocycles. The number of halogens is 2. The van der Waals surface area contributed by atoms with Crippen LogP contribution in [-0.4, -0.2) is 15.9 Å². The molecule has 1 aromatic heterocycles. The number of hydrogen-bond donors (Lipinski definition) is 2. The Balaban J connectivity index is 1.95. The molecule has 0 aliphatic carbocycles. The maximum absolute atomic E-state index is 11.9. The number of carbonyl (C=O) groups is 1. The zero-order chi connectivity index (χ0) is 15.4. The predicted octanol–water partition coefficient (Wildman–Crippen LogP) is 3.77. The number of rotatable bonds is 5. The van der Waals surface area contributed by atoms with Crippen molar-refractivity contribution in [2.45, 2.75) is 10.6 Å². The molecule has 8 heteroatoms. The van der Waals surface area contributed by atoms with Crippen molar-refractivity contribution in [3.63, 3.8) is 0 Å². The lowest BCUT2D eigenvalue weighted by molar-refractivity contribution is -0.115. The highest BCUT2D eigenvalue weighted by Gasteiger charge is 2.12. The van der Waals surface area contributed by atoms with Crippen molar-refractivity contribution in [3.8, 4) is 0 Å². The summed E-state index contributed by atoms with van der Waals surface area (Å²) in [5, 5.41) is 5.14. The Morgan fingerprint density at radius 2 is 2.14 bits per heavy atom. The lowest BCUT2D eigenvalue weighted by atomic mass is 10.2. The zero-order valence-corrected chi connectivity index (χ0v) is 13.9. The van der Waals surface area contributed by atoms with E-state index in [1.807, 2.05) is 11.4 Å². The van der Waals surface area contributed by atoms with E-state index in [2.05, 4.69) is 5.32 Å². The molecule has 2 aromatic rings.